The van der Waals surface area contributed by atoms with Crippen molar-refractivity contribution in [3.05, 3.63) is 0 Å². The van der Waals surface area contributed by atoms with Crippen LogP contribution in [0.3, 0.4) is 0 Å². The van der Waals surface area contributed by atoms with Crippen LogP contribution in [0.2, 0.25) is 0 Å². The van der Waals surface area contributed by atoms with Crippen molar-refractivity contribution in [1.82, 2.24) is 0 Å². The van der Waals surface area contributed by atoms with Gasteiger partial charge in [-0.3, -0.25) is 0 Å². The minimum absolute atomic E-state index is 0. The average Bonchev–Trinajstić information content (AvgIpc) is 1.61. The van der Waals surface area contributed by atoms with Crippen LogP contribution in [0.1, 0.15) is 6.92 Å². The molecule has 0 aromatic rings. The predicted molar refractivity (Wildman–Crippen MR) is 42.6 cm³/mol. The maximum atomic E-state index is 4.03. The second kappa shape index (κ2) is 10.6. The van der Waals surface area contributed by atoms with E-state index in [0.717, 1.165) is 5.75 Å². The Bertz CT molecular complexity index is 21.7. The maximum absolute atomic E-state index is 4.03. The molecule has 0 N–H and O–H groups in total. The molecule has 0 amide bonds. The van der Waals surface area contributed by atoms with Crippen LogP contribution >= 0.6 is 24.4 Å². The van der Waals surface area contributed by atoms with Crippen LogP contribution in [0.4, 0.5) is 0 Å². The molecule has 0 rings (SSSR count). The molecule has 0 spiro atoms. The summed E-state index contributed by atoms with van der Waals surface area (Å²) in [5.41, 5.74) is 0. The first-order chi connectivity index (χ1) is 2.91. The minimum Gasteiger partial charge on any atom is -0.179 e. The van der Waals surface area contributed by atoms with Crippen molar-refractivity contribution in [1.29, 1.82) is 0 Å². The summed E-state index contributed by atoms with van der Waals surface area (Å²) in [6, 6.07) is 0. The first-order valence-corrected chi connectivity index (χ1v) is 3.89. The Labute approximate surface area is 77.5 Å². The van der Waals surface area contributed by atoms with Gasteiger partial charge in [-0.25, -0.2) is 0 Å². The van der Waals surface area contributed by atoms with E-state index in [1.807, 2.05) is 11.8 Å². The zero-order valence-corrected chi connectivity index (χ0v) is 8.69. The number of rotatable bonds is 3. The van der Waals surface area contributed by atoms with Gasteiger partial charge in [-0.05, 0) is 11.5 Å². The number of hydrogen-bond acceptors (Lipinski definition) is 2. The summed E-state index contributed by atoms with van der Waals surface area (Å²) in [5.74, 6) is 3.43. The van der Waals surface area contributed by atoms with E-state index in [1.165, 1.54) is 11.5 Å². The molecule has 0 saturated heterocycles. The molecule has 0 fully saturated rings. The summed E-state index contributed by atoms with van der Waals surface area (Å²) in [4.78, 5) is 0. The van der Waals surface area contributed by atoms with Crippen molar-refractivity contribution in [2.45, 2.75) is 6.92 Å². The van der Waals surface area contributed by atoms with Gasteiger partial charge in [-0.1, -0.05) is 6.92 Å². The van der Waals surface area contributed by atoms with Gasteiger partial charge in [0.2, 0.25) is 0 Å². The van der Waals surface area contributed by atoms with Gasteiger partial charge in [-0.2, -0.15) is 24.4 Å². The normalized spacial score (nSPS) is 7.71. The molecule has 39 valence electrons. The Balaban J connectivity index is 0. The molecule has 0 unspecified atom stereocenters. The van der Waals surface area contributed by atoms with Crippen LogP contribution in [0.15, 0.2) is 0 Å². The Kier molecular flexibility index (Phi) is 17.5. The summed E-state index contributed by atoms with van der Waals surface area (Å²) >= 11 is 5.97. The molecule has 3 heteroatoms. The summed E-state index contributed by atoms with van der Waals surface area (Å²) in [6.07, 6.45) is 0. The van der Waals surface area contributed by atoms with Crippen LogP contribution in [0.5, 0.6) is 0 Å². The fraction of sp³-hybridized carbons (Fsp3) is 1.00. The largest absolute Gasteiger partial charge is 0.179 e. The number of thiol groups is 1. The molecule has 7 heavy (non-hydrogen) atoms. The molecule has 0 bridgehead atoms. The first kappa shape index (κ1) is 11.5. The van der Waals surface area contributed by atoms with E-state index >= 15 is 0 Å². The number of thioether (sulfide) groups is 1. The SMILES string of the molecule is CCSCCS.[Na]. The average molecular weight is 145 g/mol. The van der Waals surface area contributed by atoms with Gasteiger partial charge in [0.05, 0.1) is 0 Å². The van der Waals surface area contributed by atoms with Crippen molar-refractivity contribution in [3.63, 3.8) is 0 Å². The third-order valence-corrected chi connectivity index (χ3v) is 1.87. The van der Waals surface area contributed by atoms with E-state index in [-0.39, 0.29) is 29.6 Å². The number of hydrogen-bond donors (Lipinski definition) is 1. The monoisotopic (exact) mass is 145 g/mol. The van der Waals surface area contributed by atoms with E-state index < -0.39 is 0 Å². The standard InChI is InChI=1S/C4H10S2.Na/c1-2-6-4-3-5;/h5H,2-4H2,1H3;. The fourth-order valence-corrected chi connectivity index (χ4v) is 1.01. The smallest absolute Gasteiger partial charge is 0.00209 e. The van der Waals surface area contributed by atoms with E-state index in [9.17, 15) is 0 Å². The van der Waals surface area contributed by atoms with Crippen molar-refractivity contribution >= 4 is 53.9 Å². The third-order valence-electron chi connectivity index (χ3n) is 0.440. The molecule has 0 aliphatic heterocycles. The third kappa shape index (κ3) is 11.3. The van der Waals surface area contributed by atoms with Crippen molar-refractivity contribution < 1.29 is 0 Å². The van der Waals surface area contributed by atoms with E-state index in [0.29, 0.717) is 0 Å². The van der Waals surface area contributed by atoms with Crippen LogP contribution in [0, 0.1) is 0 Å². The molecular formula is C4H10NaS2. The van der Waals surface area contributed by atoms with Crippen LogP contribution in [-0.4, -0.2) is 46.8 Å². The zero-order chi connectivity index (χ0) is 4.83. The minimum atomic E-state index is 0. The Hall–Kier alpha value is 1.70. The van der Waals surface area contributed by atoms with Crippen molar-refractivity contribution in [2.24, 2.45) is 0 Å². The quantitative estimate of drug-likeness (QED) is 0.355. The zero-order valence-electron chi connectivity index (χ0n) is 4.98. The van der Waals surface area contributed by atoms with E-state index in [1.54, 1.807) is 0 Å². The molecule has 0 aromatic heterocycles. The van der Waals surface area contributed by atoms with Gasteiger partial charge in [0.1, 0.15) is 0 Å². The molecule has 0 saturated carbocycles. The van der Waals surface area contributed by atoms with Gasteiger partial charge in [-0.15, -0.1) is 0 Å². The molecular weight excluding hydrogens is 135 g/mol. The Morgan fingerprint density at radius 3 is 2.29 bits per heavy atom. The topological polar surface area (TPSA) is 0 Å². The summed E-state index contributed by atoms with van der Waals surface area (Å²) < 4.78 is 0. The second-order valence-corrected chi connectivity index (χ2v) is 2.76. The molecule has 0 heterocycles. The summed E-state index contributed by atoms with van der Waals surface area (Å²) in [6.45, 7) is 2.16. The van der Waals surface area contributed by atoms with Crippen molar-refractivity contribution in [2.75, 3.05) is 17.3 Å². The second-order valence-electron chi connectivity index (χ2n) is 0.921. The van der Waals surface area contributed by atoms with E-state index in [4.69, 9.17) is 0 Å². The molecule has 0 aromatic carbocycles. The Morgan fingerprint density at radius 2 is 2.14 bits per heavy atom. The summed E-state index contributed by atoms with van der Waals surface area (Å²) in [5, 5.41) is 0. The fourth-order valence-electron chi connectivity index (χ4n) is 0.209. The van der Waals surface area contributed by atoms with E-state index in [2.05, 4.69) is 19.6 Å². The van der Waals surface area contributed by atoms with Crippen molar-refractivity contribution in [3.8, 4) is 0 Å². The predicted octanol–water partition coefficient (Wildman–Crippen LogP) is 1.29. The van der Waals surface area contributed by atoms with Gasteiger partial charge in [0.25, 0.3) is 0 Å². The molecule has 0 nitrogen and oxygen atoms in total. The van der Waals surface area contributed by atoms with Crippen LogP contribution < -0.4 is 0 Å². The molecule has 0 aliphatic carbocycles. The van der Waals surface area contributed by atoms with Gasteiger partial charge in [0.15, 0.2) is 0 Å². The van der Waals surface area contributed by atoms with Gasteiger partial charge < -0.3 is 0 Å². The first-order valence-electron chi connectivity index (χ1n) is 2.10. The van der Waals surface area contributed by atoms with Gasteiger partial charge >= 0.3 is 0 Å². The Morgan fingerprint density at radius 1 is 1.57 bits per heavy atom. The van der Waals surface area contributed by atoms with Gasteiger partial charge in [0, 0.05) is 35.3 Å². The maximum Gasteiger partial charge on any atom is 0.00209 e. The molecule has 1 radical (unpaired) electrons. The molecule has 0 aliphatic rings. The van der Waals surface area contributed by atoms with Crippen LogP contribution in [0.25, 0.3) is 0 Å². The summed E-state index contributed by atoms with van der Waals surface area (Å²) in [7, 11) is 0. The molecule has 0 atom stereocenters. The van der Waals surface area contributed by atoms with Crippen LogP contribution in [-0.2, 0) is 0 Å².